The fourth-order valence-corrected chi connectivity index (χ4v) is 2.57. The monoisotopic (exact) mass is 396 g/mol. The maximum atomic E-state index is 3.42. The molecule has 0 fully saturated rings. The van der Waals surface area contributed by atoms with Crippen LogP contribution in [0, 0.1) is 0 Å². The Hall–Kier alpha value is -0.670. The Morgan fingerprint density at radius 1 is 0.733 bits per heavy atom. The van der Waals surface area contributed by atoms with Crippen LogP contribution in [0.25, 0.3) is 0 Å². The summed E-state index contributed by atoms with van der Waals surface area (Å²) in [6, 6.07) is 16.8. The fraction of sp³-hybridized carbons (Fsp3) is 0. The molecule has 1 N–H and O–H groups in total. The first-order valence-corrected chi connectivity index (χ1v) is 5.38. The molecule has 0 bridgehead atoms. The molecule has 1 heterocycles. The number of hydrogen-bond acceptors (Lipinski definition) is 2. The summed E-state index contributed by atoms with van der Waals surface area (Å²) in [6.07, 6.45) is 0. The van der Waals surface area contributed by atoms with Crippen LogP contribution < -0.4 is 5.32 Å². The van der Waals surface area contributed by atoms with E-state index < -0.39 is 0 Å². The zero-order valence-electron chi connectivity index (χ0n) is 7.83. The van der Waals surface area contributed by atoms with Crippen LogP contribution in [0.1, 0.15) is 0 Å². The van der Waals surface area contributed by atoms with E-state index in [2.05, 4.69) is 53.8 Å². The van der Waals surface area contributed by atoms with Crippen molar-refractivity contribution in [3.05, 3.63) is 48.5 Å². The Morgan fingerprint density at radius 3 is 1.73 bits per heavy atom. The Labute approximate surface area is 109 Å². The van der Waals surface area contributed by atoms with Crippen molar-refractivity contribution in [2.24, 2.45) is 0 Å². The molecule has 0 atom stereocenters. The van der Waals surface area contributed by atoms with Gasteiger partial charge >= 0.3 is 0 Å². The summed E-state index contributed by atoms with van der Waals surface area (Å²) in [4.78, 5) is 2.59. The van der Waals surface area contributed by atoms with Gasteiger partial charge in [-0.2, -0.15) is 0 Å². The number of hydrogen-bond donors (Lipinski definition) is 1. The molecule has 2 aromatic carbocycles. The Kier molecular flexibility index (Phi) is 3.22. The summed E-state index contributed by atoms with van der Waals surface area (Å²) in [5, 5.41) is 3.42. The molecule has 1 aliphatic rings. The largest absolute Gasteiger partial charge is 0.354 e. The Morgan fingerprint density at radius 2 is 1.20 bits per heavy atom. The van der Waals surface area contributed by atoms with Crippen LogP contribution in [0.2, 0.25) is 0 Å². The zero-order valence-corrected chi connectivity index (χ0v) is 10.8. The minimum atomic E-state index is 0. The zero-order chi connectivity index (χ0) is 9.38. The van der Waals surface area contributed by atoms with Gasteiger partial charge in [-0.15, -0.1) is 0 Å². The molecule has 0 aromatic heterocycles. The van der Waals surface area contributed by atoms with E-state index in [0.717, 1.165) is 0 Å². The number of anilines is 2. The predicted molar refractivity (Wildman–Crippen MR) is 60.3 cm³/mol. The summed E-state index contributed by atoms with van der Waals surface area (Å²) < 4.78 is 0. The molecule has 0 unspecified atom stereocenters. The molecule has 0 aliphatic carbocycles. The number of nitrogens with one attached hydrogen (secondary N) is 1. The second-order valence-electron chi connectivity index (χ2n) is 3.22. The minimum absolute atomic E-state index is 0. The summed E-state index contributed by atoms with van der Waals surface area (Å²) >= 11 is 1.82. The van der Waals surface area contributed by atoms with E-state index in [-0.39, 0.29) is 22.4 Å². The molecule has 0 spiro atoms. The summed E-state index contributed by atoms with van der Waals surface area (Å²) in [5.41, 5.74) is 2.41. The van der Waals surface area contributed by atoms with E-state index in [0.29, 0.717) is 0 Å². The van der Waals surface area contributed by atoms with Gasteiger partial charge in [0.15, 0.2) is 0 Å². The standard InChI is InChI=1S/C12H9NS.Au/c1-3-7-11-9(5-1)13-10-6-2-4-8-12(10)14-11;/h1-8,13H;. The third-order valence-corrected chi connectivity index (χ3v) is 3.42. The average Bonchev–Trinajstić information content (AvgIpc) is 2.26. The van der Waals surface area contributed by atoms with Gasteiger partial charge in [-0.25, -0.2) is 0 Å². The van der Waals surface area contributed by atoms with E-state index in [9.17, 15) is 0 Å². The maximum Gasteiger partial charge on any atom is 0.0526 e. The molecular formula is C12H9AuNS. The summed E-state index contributed by atoms with van der Waals surface area (Å²) in [6.45, 7) is 0. The molecule has 15 heavy (non-hydrogen) atoms. The van der Waals surface area contributed by atoms with Crippen molar-refractivity contribution in [2.45, 2.75) is 9.79 Å². The topological polar surface area (TPSA) is 12.0 Å². The molecule has 3 rings (SSSR count). The minimum Gasteiger partial charge on any atom is -0.354 e. The van der Waals surface area contributed by atoms with Gasteiger partial charge in [0.05, 0.1) is 11.4 Å². The van der Waals surface area contributed by atoms with Crippen molar-refractivity contribution < 1.29 is 22.4 Å². The van der Waals surface area contributed by atoms with E-state index in [4.69, 9.17) is 0 Å². The molecule has 0 saturated carbocycles. The normalized spacial score (nSPS) is 11.7. The first-order valence-electron chi connectivity index (χ1n) is 4.56. The second-order valence-corrected chi connectivity index (χ2v) is 4.30. The van der Waals surface area contributed by atoms with Crippen LogP contribution in [-0.2, 0) is 22.4 Å². The molecule has 1 aliphatic heterocycles. The van der Waals surface area contributed by atoms with Gasteiger partial charge in [-0.3, -0.25) is 0 Å². The number of para-hydroxylation sites is 2. The van der Waals surface area contributed by atoms with Crippen molar-refractivity contribution in [1.82, 2.24) is 0 Å². The first-order chi connectivity index (χ1) is 6.93. The van der Waals surface area contributed by atoms with Gasteiger partial charge in [-0.1, -0.05) is 36.0 Å². The molecule has 1 nitrogen and oxygen atoms in total. The Balaban J connectivity index is 0.000000853. The van der Waals surface area contributed by atoms with Gasteiger partial charge in [0.1, 0.15) is 0 Å². The number of fused-ring (bicyclic) bond motifs is 2. The molecule has 3 heteroatoms. The Bertz CT molecular complexity index is 397. The SMILES string of the molecule is [Au].c1ccc2c(c1)Nc1ccccc1S2. The molecular weight excluding hydrogens is 387 g/mol. The number of rotatable bonds is 0. The van der Waals surface area contributed by atoms with Crippen LogP contribution in [-0.4, -0.2) is 0 Å². The van der Waals surface area contributed by atoms with Crippen LogP contribution in [0.5, 0.6) is 0 Å². The smallest absolute Gasteiger partial charge is 0.0526 e. The van der Waals surface area contributed by atoms with Crippen molar-refractivity contribution in [3.63, 3.8) is 0 Å². The summed E-state index contributed by atoms with van der Waals surface area (Å²) in [5.74, 6) is 0. The third-order valence-electron chi connectivity index (χ3n) is 2.26. The quantitative estimate of drug-likeness (QED) is 0.579. The van der Waals surface area contributed by atoms with Gasteiger partial charge in [0.25, 0.3) is 0 Å². The molecule has 1 radical (unpaired) electrons. The van der Waals surface area contributed by atoms with Crippen LogP contribution in [0.4, 0.5) is 11.4 Å². The molecule has 2 aromatic rings. The van der Waals surface area contributed by atoms with Crippen LogP contribution in [0.15, 0.2) is 58.3 Å². The van der Waals surface area contributed by atoms with Crippen molar-refractivity contribution in [2.75, 3.05) is 5.32 Å². The van der Waals surface area contributed by atoms with Gasteiger partial charge in [-0.05, 0) is 24.3 Å². The van der Waals surface area contributed by atoms with Crippen LogP contribution in [0.3, 0.4) is 0 Å². The van der Waals surface area contributed by atoms with E-state index in [1.165, 1.54) is 21.2 Å². The second kappa shape index (κ2) is 4.45. The van der Waals surface area contributed by atoms with Gasteiger partial charge in [0, 0.05) is 32.2 Å². The van der Waals surface area contributed by atoms with E-state index in [1.807, 2.05) is 11.8 Å². The first kappa shape index (κ1) is 10.8. The van der Waals surface area contributed by atoms with E-state index >= 15 is 0 Å². The van der Waals surface area contributed by atoms with Gasteiger partial charge < -0.3 is 5.32 Å². The predicted octanol–water partition coefficient (Wildman–Crippen LogP) is 3.89. The molecule has 79 valence electrons. The average molecular weight is 396 g/mol. The van der Waals surface area contributed by atoms with Gasteiger partial charge in [0.2, 0.25) is 0 Å². The molecule has 0 saturated heterocycles. The maximum absolute atomic E-state index is 3.42. The van der Waals surface area contributed by atoms with Crippen molar-refractivity contribution in [1.29, 1.82) is 0 Å². The van der Waals surface area contributed by atoms with E-state index in [1.54, 1.807) is 0 Å². The van der Waals surface area contributed by atoms with Crippen molar-refractivity contribution >= 4 is 23.1 Å². The fourth-order valence-electron chi connectivity index (χ4n) is 1.58. The van der Waals surface area contributed by atoms with Crippen LogP contribution >= 0.6 is 11.8 Å². The molecule has 0 amide bonds. The summed E-state index contributed by atoms with van der Waals surface area (Å²) in [7, 11) is 0. The van der Waals surface area contributed by atoms with Crippen molar-refractivity contribution in [3.8, 4) is 0 Å². The third kappa shape index (κ3) is 1.99. The number of benzene rings is 2.